The summed E-state index contributed by atoms with van der Waals surface area (Å²) in [6.07, 6.45) is 0.579. The van der Waals surface area contributed by atoms with Crippen LogP contribution in [0.3, 0.4) is 0 Å². The Bertz CT molecular complexity index is 1310. The summed E-state index contributed by atoms with van der Waals surface area (Å²) in [6.45, 7) is 7.16. The van der Waals surface area contributed by atoms with Gasteiger partial charge in [0.1, 0.15) is 12.4 Å². The van der Waals surface area contributed by atoms with E-state index in [0.29, 0.717) is 12.1 Å². The van der Waals surface area contributed by atoms with Crippen LogP contribution in [0.15, 0.2) is 88.9 Å². The van der Waals surface area contributed by atoms with Crippen LogP contribution in [0.25, 0.3) is 0 Å². The Morgan fingerprint density at radius 2 is 1.57 bits per heavy atom. The molecule has 0 aliphatic heterocycles. The lowest BCUT2D eigenvalue weighted by molar-refractivity contribution is -0.119. The Hall–Kier alpha value is -3.52. The summed E-state index contributed by atoms with van der Waals surface area (Å²) < 4.78 is 42.1. The van der Waals surface area contributed by atoms with E-state index in [4.69, 9.17) is 0 Å². The molecule has 0 spiro atoms. The Morgan fingerprint density at radius 1 is 0.971 bits per heavy atom. The summed E-state index contributed by atoms with van der Waals surface area (Å²) >= 11 is 0. The Morgan fingerprint density at radius 3 is 2.20 bits per heavy atom. The van der Waals surface area contributed by atoms with Crippen molar-refractivity contribution in [3.8, 4) is 0 Å². The van der Waals surface area contributed by atoms with Crippen molar-refractivity contribution in [1.82, 2.24) is 5.43 Å². The van der Waals surface area contributed by atoms with Gasteiger partial charge in [-0.3, -0.25) is 9.10 Å². The van der Waals surface area contributed by atoms with Crippen LogP contribution in [0.4, 0.5) is 10.1 Å². The van der Waals surface area contributed by atoms with Gasteiger partial charge in [0.15, 0.2) is 0 Å². The van der Waals surface area contributed by atoms with E-state index in [1.165, 1.54) is 30.3 Å². The number of hydrazone groups is 1. The summed E-state index contributed by atoms with van der Waals surface area (Å²) in [5.74, 6) is -1.43. The van der Waals surface area contributed by atoms with Crippen LogP contribution in [0, 0.1) is 12.7 Å². The standard InChI is InChI=1S/C27H30FN3O3S/c1-20-14-16-23(17-15-20)35(33,34)31(25-13-9-8-12-24(25)28)19-26(32)30-29-21(2)18-27(3,4)22-10-6-5-7-11-22/h5-17H,18-19H2,1-4H3,(H,30,32)/b29-21-. The van der Waals surface area contributed by atoms with E-state index in [1.54, 1.807) is 19.1 Å². The molecule has 0 atom stereocenters. The lowest BCUT2D eigenvalue weighted by atomic mass is 9.80. The maximum Gasteiger partial charge on any atom is 0.264 e. The van der Waals surface area contributed by atoms with Gasteiger partial charge >= 0.3 is 0 Å². The van der Waals surface area contributed by atoms with Gasteiger partial charge in [0.05, 0.1) is 10.6 Å². The smallest absolute Gasteiger partial charge is 0.264 e. The minimum absolute atomic E-state index is 0.0385. The highest BCUT2D eigenvalue weighted by Crippen LogP contribution is 2.28. The molecule has 0 saturated carbocycles. The first-order chi connectivity index (χ1) is 16.5. The molecule has 35 heavy (non-hydrogen) atoms. The fourth-order valence-corrected chi connectivity index (χ4v) is 5.21. The molecule has 0 radical (unpaired) electrons. The quantitative estimate of drug-likeness (QED) is 0.328. The number of nitrogens with zero attached hydrogens (tertiary/aromatic N) is 2. The summed E-state index contributed by atoms with van der Waals surface area (Å²) in [6, 6.07) is 21.6. The number of benzene rings is 3. The molecule has 0 aliphatic rings. The van der Waals surface area contributed by atoms with Crippen molar-refractivity contribution in [3.05, 3.63) is 95.8 Å². The fraction of sp³-hybridized carbons (Fsp3) is 0.259. The second-order valence-electron chi connectivity index (χ2n) is 9.08. The first kappa shape index (κ1) is 26.1. The number of hydrogen-bond acceptors (Lipinski definition) is 4. The fourth-order valence-electron chi connectivity index (χ4n) is 3.79. The lowest BCUT2D eigenvalue weighted by Crippen LogP contribution is -2.40. The van der Waals surface area contributed by atoms with Crippen molar-refractivity contribution in [2.45, 2.75) is 44.4 Å². The van der Waals surface area contributed by atoms with Crippen LogP contribution in [0.1, 0.15) is 38.3 Å². The first-order valence-corrected chi connectivity index (χ1v) is 12.7. The molecule has 0 fully saturated rings. The molecule has 0 saturated heterocycles. The minimum Gasteiger partial charge on any atom is -0.271 e. The number of anilines is 1. The predicted molar refractivity (Wildman–Crippen MR) is 137 cm³/mol. The van der Waals surface area contributed by atoms with Gasteiger partial charge in [-0.15, -0.1) is 0 Å². The molecule has 3 aromatic rings. The highest BCUT2D eigenvalue weighted by molar-refractivity contribution is 7.92. The van der Waals surface area contributed by atoms with E-state index in [0.717, 1.165) is 21.5 Å². The number of carbonyl (C=O) groups excluding carboxylic acids is 1. The number of para-hydroxylation sites is 1. The zero-order valence-electron chi connectivity index (χ0n) is 20.3. The van der Waals surface area contributed by atoms with Crippen molar-refractivity contribution in [2.24, 2.45) is 5.10 Å². The third-order valence-electron chi connectivity index (χ3n) is 5.64. The highest BCUT2D eigenvalue weighted by Gasteiger charge is 2.29. The van der Waals surface area contributed by atoms with Crippen LogP contribution < -0.4 is 9.73 Å². The summed E-state index contributed by atoms with van der Waals surface area (Å²) in [5.41, 5.74) is 4.69. The first-order valence-electron chi connectivity index (χ1n) is 11.2. The van der Waals surface area contributed by atoms with Crippen molar-refractivity contribution >= 4 is 27.3 Å². The zero-order chi connectivity index (χ0) is 25.6. The van der Waals surface area contributed by atoms with E-state index < -0.39 is 28.3 Å². The lowest BCUT2D eigenvalue weighted by Gasteiger charge is -2.25. The van der Waals surface area contributed by atoms with Gasteiger partial charge in [-0.25, -0.2) is 18.2 Å². The average molecular weight is 496 g/mol. The van der Waals surface area contributed by atoms with Gasteiger partial charge in [-0.2, -0.15) is 5.10 Å². The van der Waals surface area contributed by atoms with Crippen LogP contribution >= 0.6 is 0 Å². The topological polar surface area (TPSA) is 78.8 Å². The van der Waals surface area contributed by atoms with Crippen molar-refractivity contribution in [2.75, 3.05) is 10.8 Å². The van der Waals surface area contributed by atoms with E-state index >= 15 is 0 Å². The van der Waals surface area contributed by atoms with Gasteiger partial charge in [0.2, 0.25) is 0 Å². The van der Waals surface area contributed by atoms with E-state index in [2.05, 4.69) is 24.4 Å². The van der Waals surface area contributed by atoms with Gasteiger partial charge < -0.3 is 0 Å². The summed E-state index contributed by atoms with van der Waals surface area (Å²) in [5, 5.41) is 4.17. The molecule has 1 N–H and O–H groups in total. The van der Waals surface area contributed by atoms with Gasteiger partial charge in [-0.1, -0.05) is 74.0 Å². The number of carbonyl (C=O) groups is 1. The van der Waals surface area contributed by atoms with Crippen LogP contribution in [-0.4, -0.2) is 26.6 Å². The normalized spacial score (nSPS) is 12.3. The number of nitrogens with one attached hydrogen (secondary N) is 1. The van der Waals surface area contributed by atoms with Crippen LogP contribution in [0.5, 0.6) is 0 Å². The van der Waals surface area contributed by atoms with E-state index in [9.17, 15) is 17.6 Å². The summed E-state index contributed by atoms with van der Waals surface area (Å²) in [7, 11) is -4.21. The molecule has 0 bridgehead atoms. The molecule has 1 amide bonds. The summed E-state index contributed by atoms with van der Waals surface area (Å²) in [4.78, 5) is 12.7. The predicted octanol–water partition coefficient (Wildman–Crippen LogP) is 5.19. The van der Waals surface area contributed by atoms with Crippen LogP contribution in [0.2, 0.25) is 0 Å². The average Bonchev–Trinajstić information content (AvgIpc) is 2.82. The van der Waals surface area contributed by atoms with Crippen molar-refractivity contribution < 1.29 is 17.6 Å². The van der Waals surface area contributed by atoms with Gasteiger partial charge in [-0.05, 0) is 55.5 Å². The van der Waals surface area contributed by atoms with Crippen LogP contribution in [-0.2, 0) is 20.2 Å². The molecule has 184 valence electrons. The molecule has 3 aromatic carbocycles. The van der Waals surface area contributed by atoms with E-state index in [1.807, 2.05) is 37.3 Å². The largest absolute Gasteiger partial charge is 0.271 e. The Balaban J connectivity index is 1.81. The maximum absolute atomic E-state index is 14.6. The zero-order valence-corrected chi connectivity index (χ0v) is 21.1. The molecule has 0 aromatic heterocycles. The van der Waals surface area contributed by atoms with Gasteiger partial charge in [0.25, 0.3) is 15.9 Å². The number of amides is 1. The number of aryl methyl sites for hydroxylation is 1. The number of rotatable bonds is 9. The van der Waals surface area contributed by atoms with Crippen molar-refractivity contribution in [3.63, 3.8) is 0 Å². The molecular formula is C27H30FN3O3S. The van der Waals surface area contributed by atoms with E-state index in [-0.39, 0.29) is 16.0 Å². The minimum atomic E-state index is -4.21. The van der Waals surface area contributed by atoms with Gasteiger partial charge in [0, 0.05) is 5.71 Å². The molecule has 0 heterocycles. The second-order valence-corrected chi connectivity index (χ2v) is 10.9. The number of hydrogen-bond donors (Lipinski definition) is 1. The third-order valence-corrected chi connectivity index (χ3v) is 7.42. The SMILES string of the molecule is C/C(CC(C)(C)c1ccccc1)=N/NC(=O)CN(c1ccccc1F)S(=O)(=O)c1ccc(C)cc1. The Labute approximate surface area is 206 Å². The molecule has 6 nitrogen and oxygen atoms in total. The second kappa shape index (κ2) is 10.8. The monoisotopic (exact) mass is 495 g/mol. The molecule has 0 aliphatic carbocycles. The third kappa shape index (κ3) is 6.54. The number of sulfonamides is 1. The maximum atomic E-state index is 14.6. The molecule has 0 unspecified atom stereocenters. The van der Waals surface area contributed by atoms with Crippen molar-refractivity contribution in [1.29, 1.82) is 0 Å². The molecule has 8 heteroatoms. The Kier molecular flexibility index (Phi) is 8.07. The molecular weight excluding hydrogens is 465 g/mol. The molecule has 3 rings (SSSR count). The number of halogens is 1. The highest BCUT2D eigenvalue weighted by atomic mass is 32.2.